The second kappa shape index (κ2) is 8.56. The largest absolute Gasteiger partial charge is 0.503 e. The Labute approximate surface area is 195 Å². The predicted molar refractivity (Wildman–Crippen MR) is 125 cm³/mol. The summed E-state index contributed by atoms with van der Waals surface area (Å²) in [6.45, 7) is 1.73. The Morgan fingerprint density at radius 2 is 1.76 bits per heavy atom. The van der Waals surface area contributed by atoms with Gasteiger partial charge in [0, 0.05) is 17.2 Å². The van der Waals surface area contributed by atoms with Gasteiger partial charge < -0.3 is 10.0 Å². The van der Waals surface area contributed by atoms with Crippen molar-refractivity contribution in [1.29, 1.82) is 0 Å². The second-order valence-electron chi connectivity index (χ2n) is 8.47. The summed E-state index contributed by atoms with van der Waals surface area (Å²) in [5, 5.41) is 11.6. The zero-order valence-electron chi connectivity index (χ0n) is 18.1. The number of benzene rings is 2. The molecule has 2 aliphatic rings. The molecule has 33 heavy (non-hydrogen) atoms. The highest BCUT2D eigenvalue weighted by Gasteiger charge is 2.48. The van der Waals surface area contributed by atoms with Crippen LogP contribution in [0.25, 0.3) is 10.6 Å². The fourth-order valence-corrected chi connectivity index (χ4v) is 5.88. The quantitative estimate of drug-likeness (QED) is 0.488. The van der Waals surface area contributed by atoms with Gasteiger partial charge in [0.2, 0.25) is 5.78 Å². The molecule has 1 atom stereocenters. The fraction of sp³-hybridized carbons (Fsp3) is 0.269. The number of aliphatic hydroxyl groups is 1. The maximum absolute atomic E-state index is 14.9. The van der Waals surface area contributed by atoms with Crippen LogP contribution in [-0.2, 0) is 4.79 Å². The Morgan fingerprint density at radius 1 is 1.09 bits per heavy atom. The molecule has 2 aromatic carbocycles. The number of carbonyl (C=O) groups excluding carboxylic acids is 2. The minimum atomic E-state index is -0.962. The Hall–Kier alpha value is -3.32. The molecule has 5 nitrogen and oxygen atoms in total. The molecule has 0 radical (unpaired) electrons. The Morgan fingerprint density at radius 3 is 2.45 bits per heavy atom. The fourth-order valence-electron chi connectivity index (χ4n) is 4.85. The first-order valence-electron chi connectivity index (χ1n) is 11.0. The van der Waals surface area contributed by atoms with E-state index in [9.17, 15) is 19.1 Å². The van der Waals surface area contributed by atoms with E-state index in [2.05, 4.69) is 4.98 Å². The van der Waals surface area contributed by atoms with Crippen LogP contribution in [0.15, 0.2) is 65.9 Å². The number of rotatable bonds is 5. The van der Waals surface area contributed by atoms with E-state index in [0.717, 1.165) is 31.2 Å². The van der Waals surface area contributed by atoms with E-state index in [-0.39, 0.29) is 17.2 Å². The number of halogens is 1. The summed E-state index contributed by atoms with van der Waals surface area (Å²) in [6, 6.07) is 14.5. The molecule has 1 saturated carbocycles. The Bertz CT molecular complexity index is 1260. The lowest BCUT2D eigenvalue weighted by Gasteiger charge is -2.32. The molecule has 1 aromatic heterocycles. The van der Waals surface area contributed by atoms with Crippen molar-refractivity contribution in [2.24, 2.45) is 0 Å². The van der Waals surface area contributed by atoms with Gasteiger partial charge in [0.25, 0.3) is 5.91 Å². The average molecular weight is 463 g/mol. The number of nitrogens with zero attached hydrogens (tertiary/aromatic N) is 2. The number of Topliss-reactive ketones (excluding diaryl/α,β-unsaturated/α-hetero) is 1. The number of aromatic nitrogens is 1. The summed E-state index contributed by atoms with van der Waals surface area (Å²) in [5.74, 6) is -2.19. The molecule has 0 bridgehead atoms. The zero-order valence-corrected chi connectivity index (χ0v) is 18.9. The number of carbonyl (C=O) groups is 2. The monoisotopic (exact) mass is 462 g/mol. The van der Waals surface area contributed by atoms with E-state index in [1.807, 2.05) is 30.3 Å². The normalized spacial score (nSPS) is 19.0. The van der Waals surface area contributed by atoms with Crippen LogP contribution in [0.1, 0.15) is 52.7 Å². The zero-order chi connectivity index (χ0) is 23.1. The van der Waals surface area contributed by atoms with E-state index >= 15 is 0 Å². The lowest BCUT2D eigenvalue weighted by atomic mass is 9.94. The van der Waals surface area contributed by atoms with Crippen LogP contribution in [0.3, 0.4) is 0 Å². The van der Waals surface area contributed by atoms with Gasteiger partial charge in [-0.05, 0) is 25.8 Å². The molecule has 7 heteroatoms. The number of ketones is 1. The highest BCUT2D eigenvalue weighted by atomic mass is 32.1. The molecule has 0 spiro atoms. The smallest absolute Gasteiger partial charge is 0.290 e. The van der Waals surface area contributed by atoms with E-state index in [1.54, 1.807) is 25.1 Å². The van der Waals surface area contributed by atoms with Gasteiger partial charge in [0.05, 0.1) is 22.2 Å². The molecular formula is C26H23FN2O3S. The Kier molecular flexibility index (Phi) is 5.58. The van der Waals surface area contributed by atoms with Crippen molar-refractivity contribution in [1.82, 2.24) is 9.88 Å². The highest BCUT2D eigenvalue weighted by Crippen LogP contribution is 2.45. The molecule has 1 amide bonds. The van der Waals surface area contributed by atoms with Crippen molar-refractivity contribution < 1.29 is 19.1 Å². The van der Waals surface area contributed by atoms with Crippen LogP contribution in [0.5, 0.6) is 0 Å². The van der Waals surface area contributed by atoms with Crippen molar-refractivity contribution in [3.63, 3.8) is 0 Å². The molecule has 1 unspecified atom stereocenters. The minimum Gasteiger partial charge on any atom is -0.503 e. The van der Waals surface area contributed by atoms with Crippen LogP contribution in [0.4, 0.5) is 4.39 Å². The molecule has 1 aliphatic carbocycles. The van der Waals surface area contributed by atoms with Gasteiger partial charge in [-0.15, -0.1) is 11.3 Å². The van der Waals surface area contributed by atoms with Gasteiger partial charge in [-0.1, -0.05) is 61.4 Å². The number of aryl methyl sites for hydroxylation is 1. The highest BCUT2D eigenvalue weighted by molar-refractivity contribution is 7.17. The first-order chi connectivity index (χ1) is 16.0. The lowest BCUT2D eigenvalue weighted by molar-refractivity contribution is -0.131. The summed E-state index contributed by atoms with van der Waals surface area (Å²) in [6.07, 6.45) is 3.44. The van der Waals surface area contributed by atoms with Gasteiger partial charge in [-0.2, -0.15) is 0 Å². The Balaban J connectivity index is 1.61. The van der Waals surface area contributed by atoms with Gasteiger partial charge in [-0.25, -0.2) is 9.37 Å². The molecule has 0 saturated heterocycles. The first-order valence-corrected chi connectivity index (χ1v) is 11.9. The standard InChI is InChI=1S/C26H23FN2O3S/c1-15-24(33-25(28-15)16-9-3-2-4-10-16)22(30)20-21(18-13-7-8-14-19(18)27)29(26(32)23(20)31)17-11-5-6-12-17/h2-4,7-10,13-14,17,21,31H,5-6,11-12H2,1H3. The van der Waals surface area contributed by atoms with Crippen molar-refractivity contribution in [2.75, 3.05) is 0 Å². The molecular weight excluding hydrogens is 439 g/mol. The van der Waals surface area contributed by atoms with Gasteiger partial charge in [0.15, 0.2) is 5.76 Å². The number of aliphatic hydroxyl groups excluding tert-OH is 1. The number of thiazole rings is 1. The van der Waals surface area contributed by atoms with Crippen LogP contribution in [0.2, 0.25) is 0 Å². The topological polar surface area (TPSA) is 70.5 Å². The van der Waals surface area contributed by atoms with Gasteiger partial charge in [-0.3, -0.25) is 9.59 Å². The van der Waals surface area contributed by atoms with Crippen LogP contribution in [-0.4, -0.2) is 32.7 Å². The average Bonchev–Trinajstić information content (AvgIpc) is 3.54. The molecule has 2 heterocycles. The van der Waals surface area contributed by atoms with Crippen LogP contribution >= 0.6 is 11.3 Å². The van der Waals surface area contributed by atoms with Crippen molar-refractivity contribution in [3.05, 3.63) is 87.9 Å². The third kappa shape index (κ3) is 3.66. The lowest BCUT2D eigenvalue weighted by Crippen LogP contribution is -2.39. The molecule has 5 rings (SSSR count). The third-order valence-electron chi connectivity index (χ3n) is 6.43. The van der Waals surface area contributed by atoms with Gasteiger partial charge >= 0.3 is 0 Å². The minimum absolute atomic E-state index is 0.0663. The predicted octanol–water partition coefficient (Wildman–Crippen LogP) is 5.78. The van der Waals surface area contributed by atoms with Crippen LogP contribution in [0, 0.1) is 12.7 Å². The van der Waals surface area contributed by atoms with Crippen molar-refractivity contribution in [2.45, 2.75) is 44.7 Å². The SMILES string of the molecule is Cc1nc(-c2ccccc2)sc1C(=O)C1=C(O)C(=O)N(C2CCCC2)C1c1ccccc1F. The van der Waals surface area contributed by atoms with Crippen molar-refractivity contribution >= 4 is 23.0 Å². The number of hydrogen-bond acceptors (Lipinski definition) is 5. The summed E-state index contributed by atoms with van der Waals surface area (Å²) in [4.78, 5) is 33.4. The summed E-state index contributed by atoms with van der Waals surface area (Å²) in [7, 11) is 0. The molecule has 168 valence electrons. The summed E-state index contributed by atoms with van der Waals surface area (Å²) < 4.78 is 14.9. The van der Waals surface area contributed by atoms with E-state index < -0.39 is 29.3 Å². The van der Waals surface area contributed by atoms with E-state index in [4.69, 9.17) is 0 Å². The molecule has 1 fully saturated rings. The maximum Gasteiger partial charge on any atom is 0.290 e. The summed E-state index contributed by atoms with van der Waals surface area (Å²) >= 11 is 1.22. The number of hydrogen-bond donors (Lipinski definition) is 1. The third-order valence-corrected chi connectivity index (χ3v) is 7.64. The molecule has 3 aromatic rings. The maximum atomic E-state index is 14.9. The second-order valence-corrected chi connectivity index (χ2v) is 9.46. The van der Waals surface area contributed by atoms with E-state index in [0.29, 0.717) is 15.6 Å². The molecule has 1 aliphatic heterocycles. The van der Waals surface area contributed by atoms with Gasteiger partial charge in [0.1, 0.15) is 10.8 Å². The summed E-state index contributed by atoms with van der Waals surface area (Å²) in [5.41, 5.74) is 1.55. The first kappa shape index (κ1) is 21.5. The molecule has 1 N–H and O–H groups in total. The van der Waals surface area contributed by atoms with E-state index in [1.165, 1.54) is 22.3 Å². The van der Waals surface area contributed by atoms with Crippen molar-refractivity contribution in [3.8, 4) is 10.6 Å². The number of amides is 1. The van der Waals surface area contributed by atoms with Crippen LogP contribution < -0.4 is 0 Å².